The van der Waals surface area contributed by atoms with E-state index < -0.39 is 17.8 Å². The molecule has 0 saturated heterocycles. The van der Waals surface area contributed by atoms with Crippen molar-refractivity contribution in [2.24, 2.45) is 5.73 Å². The summed E-state index contributed by atoms with van der Waals surface area (Å²) >= 11 is 0. The summed E-state index contributed by atoms with van der Waals surface area (Å²) in [5, 5.41) is 9.25. The second-order valence-corrected chi connectivity index (χ2v) is 8.23. The minimum atomic E-state index is -1.57. The number of hydrogen-bond acceptors (Lipinski definition) is 5. The van der Waals surface area contributed by atoms with Gasteiger partial charge in [-0.3, -0.25) is 9.59 Å². The maximum Gasteiger partial charge on any atom is 0.512 e. The molecule has 0 saturated carbocycles. The zero-order chi connectivity index (χ0) is 25.1. The summed E-state index contributed by atoms with van der Waals surface area (Å²) in [6.07, 6.45) is 1.71. The van der Waals surface area contributed by atoms with Gasteiger partial charge in [0.1, 0.15) is 5.52 Å². The van der Waals surface area contributed by atoms with E-state index >= 15 is 0 Å². The van der Waals surface area contributed by atoms with Gasteiger partial charge in [-0.05, 0) is 42.0 Å². The Morgan fingerprint density at radius 3 is 2.23 bits per heavy atom. The van der Waals surface area contributed by atoms with Crippen LogP contribution in [0.3, 0.4) is 0 Å². The van der Waals surface area contributed by atoms with Crippen LogP contribution in [0.25, 0.3) is 5.52 Å². The fourth-order valence-electron chi connectivity index (χ4n) is 4.46. The lowest BCUT2D eigenvalue weighted by Crippen LogP contribution is -2.24. The second-order valence-electron chi connectivity index (χ2n) is 8.23. The van der Waals surface area contributed by atoms with E-state index in [1.807, 2.05) is 43.3 Å². The maximum atomic E-state index is 12.9. The van der Waals surface area contributed by atoms with Crippen molar-refractivity contribution in [1.29, 1.82) is 0 Å². The molecule has 0 aliphatic heterocycles. The van der Waals surface area contributed by atoms with Crippen molar-refractivity contribution in [2.75, 3.05) is 0 Å². The first-order valence-corrected chi connectivity index (χ1v) is 11.2. The number of ketones is 1. The lowest BCUT2D eigenvalue weighted by Gasteiger charge is -2.12. The van der Waals surface area contributed by atoms with Crippen molar-refractivity contribution in [3.63, 3.8) is 0 Å². The molecule has 8 nitrogen and oxygen atoms in total. The number of primary amides is 1. The molecule has 0 fully saturated rings. The van der Waals surface area contributed by atoms with Crippen LogP contribution >= 0.6 is 0 Å². The Balaban J connectivity index is 1.94. The lowest BCUT2D eigenvalue weighted by atomic mass is 9.94. The zero-order valence-electron chi connectivity index (χ0n) is 19.4. The Morgan fingerprint density at radius 2 is 1.63 bits per heavy atom. The first kappa shape index (κ1) is 23.7. The molecule has 35 heavy (non-hydrogen) atoms. The molecule has 0 aliphatic rings. The van der Waals surface area contributed by atoms with E-state index in [9.17, 15) is 19.5 Å². The van der Waals surface area contributed by atoms with Gasteiger partial charge in [-0.1, -0.05) is 61.5 Å². The van der Waals surface area contributed by atoms with Crippen molar-refractivity contribution in [3.05, 3.63) is 100.0 Å². The number of fused-ring (bicyclic) bond motifs is 1. The van der Waals surface area contributed by atoms with Gasteiger partial charge in [-0.25, -0.2) is 9.78 Å². The average molecular weight is 472 g/mol. The van der Waals surface area contributed by atoms with E-state index in [1.165, 1.54) is 0 Å². The van der Waals surface area contributed by atoms with Gasteiger partial charge in [0.15, 0.2) is 0 Å². The number of benzene rings is 2. The summed E-state index contributed by atoms with van der Waals surface area (Å²) in [6.45, 7) is 3.56. The molecule has 0 radical (unpaired) electrons. The van der Waals surface area contributed by atoms with Crippen LogP contribution in [0.5, 0.6) is 5.88 Å². The van der Waals surface area contributed by atoms with Crippen molar-refractivity contribution in [3.8, 4) is 5.88 Å². The van der Waals surface area contributed by atoms with Crippen LogP contribution in [0.4, 0.5) is 4.79 Å². The number of aryl methyl sites for hydroxylation is 1. The number of nitrogens with two attached hydrogens (primary N) is 1. The van der Waals surface area contributed by atoms with Crippen molar-refractivity contribution >= 4 is 23.4 Å². The van der Waals surface area contributed by atoms with E-state index in [2.05, 4.69) is 23.2 Å². The predicted molar refractivity (Wildman–Crippen MR) is 130 cm³/mol. The van der Waals surface area contributed by atoms with Crippen molar-refractivity contribution in [2.45, 2.75) is 33.1 Å². The van der Waals surface area contributed by atoms with Gasteiger partial charge in [0.05, 0.1) is 11.3 Å². The van der Waals surface area contributed by atoms with Crippen LogP contribution in [0.15, 0.2) is 60.8 Å². The monoisotopic (exact) mass is 471 g/mol. The van der Waals surface area contributed by atoms with Crippen LogP contribution in [0.2, 0.25) is 0 Å². The van der Waals surface area contributed by atoms with Gasteiger partial charge >= 0.3 is 6.16 Å². The Hall–Kier alpha value is -4.46. The highest BCUT2D eigenvalue weighted by atomic mass is 16.7. The van der Waals surface area contributed by atoms with Crippen molar-refractivity contribution < 1.29 is 24.2 Å². The fourth-order valence-corrected chi connectivity index (χ4v) is 4.46. The molecule has 0 bridgehead atoms. The lowest BCUT2D eigenvalue weighted by molar-refractivity contribution is -0.114. The number of carboxylic acid groups (broad SMARTS) is 1. The quantitative estimate of drug-likeness (QED) is 0.226. The maximum absolute atomic E-state index is 12.9. The van der Waals surface area contributed by atoms with Crippen molar-refractivity contribution in [1.82, 2.24) is 9.38 Å². The van der Waals surface area contributed by atoms with E-state index in [-0.39, 0.29) is 17.0 Å². The summed E-state index contributed by atoms with van der Waals surface area (Å²) < 4.78 is 6.63. The van der Waals surface area contributed by atoms with Crippen LogP contribution in [0.1, 0.15) is 50.9 Å². The topological polar surface area (TPSA) is 124 Å². The fraction of sp³-hybridized carbons (Fsp3) is 0.185. The minimum Gasteiger partial charge on any atom is -0.449 e. The molecular weight excluding hydrogens is 446 g/mol. The minimum absolute atomic E-state index is 0.0271. The molecular formula is C27H25N3O5. The van der Waals surface area contributed by atoms with E-state index in [4.69, 9.17) is 10.5 Å². The Labute approximate surface area is 202 Å². The SMILES string of the molecule is CCc1c(C(=O)C(N)=O)c2c(OC(=O)O)nc(C)cn2c1Cc1ccccc1Cc1ccccc1. The highest BCUT2D eigenvalue weighted by Gasteiger charge is 2.29. The van der Waals surface area contributed by atoms with Gasteiger partial charge in [-0.2, -0.15) is 0 Å². The third-order valence-electron chi connectivity index (χ3n) is 5.92. The average Bonchev–Trinajstić information content (AvgIpc) is 3.13. The first-order valence-electron chi connectivity index (χ1n) is 11.2. The van der Waals surface area contributed by atoms with Gasteiger partial charge in [0.2, 0.25) is 0 Å². The van der Waals surface area contributed by atoms with Gasteiger partial charge in [-0.15, -0.1) is 0 Å². The molecule has 2 aromatic carbocycles. The smallest absolute Gasteiger partial charge is 0.449 e. The van der Waals surface area contributed by atoms with Crippen LogP contribution in [-0.2, 0) is 24.1 Å². The summed E-state index contributed by atoms with van der Waals surface area (Å²) in [7, 11) is 0. The van der Waals surface area contributed by atoms with Gasteiger partial charge in [0.25, 0.3) is 17.6 Å². The molecule has 8 heteroatoms. The number of carbonyl (C=O) groups is 3. The molecule has 1 amide bonds. The Kier molecular flexibility index (Phi) is 6.64. The van der Waals surface area contributed by atoms with Gasteiger partial charge in [0, 0.05) is 18.3 Å². The van der Waals surface area contributed by atoms with Crippen LogP contribution in [-0.4, -0.2) is 32.3 Å². The van der Waals surface area contributed by atoms with E-state index in [1.54, 1.807) is 17.5 Å². The third-order valence-corrected chi connectivity index (χ3v) is 5.92. The molecule has 0 atom stereocenters. The number of amides is 1. The first-order chi connectivity index (χ1) is 16.8. The number of nitrogens with zero attached hydrogens (tertiary/aromatic N) is 2. The summed E-state index contributed by atoms with van der Waals surface area (Å²) in [6, 6.07) is 18.1. The molecule has 4 aromatic rings. The van der Waals surface area contributed by atoms with E-state index in [0.29, 0.717) is 24.1 Å². The molecule has 4 rings (SSSR count). The number of Topliss-reactive ketones (excluding diaryl/α,β-unsaturated/α-hetero) is 1. The molecule has 3 N–H and O–H groups in total. The summed E-state index contributed by atoms with van der Waals surface area (Å²) in [5.41, 5.74) is 10.7. The van der Waals surface area contributed by atoms with Crippen LogP contribution in [0, 0.1) is 6.92 Å². The Morgan fingerprint density at radius 1 is 1.00 bits per heavy atom. The second kappa shape index (κ2) is 9.80. The number of carbonyl (C=O) groups excluding carboxylic acids is 2. The molecule has 0 aliphatic carbocycles. The standard InChI is InChI=1S/C27H25N3O5/c1-3-20-21(14-19-12-8-7-11-18(19)13-17-9-5-4-6-10-17)30-15-16(2)29-26(35-27(33)34)23(30)22(20)24(31)25(28)32/h4-12,15H,3,13-14H2,1-2H3,(H2,28,32)(H,33,34). The summed E-state index contributed by atoms with van der Waals surface area (Å²) in [5.74, 6) is -2.31. The summed E-state index contributed by atoms with van der Waals surface area (Å²) in [4.78, 5) is 40.4. The molecule has 178 valence electrons. The highest BCUT2D eigenvalue weighted by molar-refractivity contribution is 6.44. The zero-order valence-corrected chi connectivity index (χ0v) is 19.4. The Bertz CT molecular complexity index is 1440. The number of aromatic nitrogens is 2. The number of hydrogen-bond donors (Lipinski definition) is 2. The van der Waals surface area contributed by atoms with E-state index in [0.717, 1.165) is 28.8 Å². The number of rotatable bonds is 8. The largest absolute Gasteiger partial charge is 0.512 e. The van der Waals surface area contributed by atoms with Crippen LogP contribution < -0.4 is 10.5 Å². The molecule has 0 spiro atoms. The third kappa shape index (κ3) is 4.77. The molecule has 2 heterocycles. The molecule has 0 unspecified atom stereocenters. The van der Waals surface area contributed by atoms with Gasteiger partial charge < -0.3 is 20.0 Å². The number of ether oxygens (including phenoxy) is 1. The highest BCUT2D eigenvalue weighted by Crippen LogP contribution is 2.33. The normalized spacial score (nSPS) is 10.9. The predicted octanol–water partition coefficient (Wildman–Crippen LogP) is 4.11. The molecule has 2 aromatic heterocycles.